The Balaban J connectivity index is 2.28. The van der Waals surface area contributed by atoms with Crippen molar-refractivity contribution in [3.63, 3.8) is 0 Å². The van der Waals surface area contributed by atoms with Gasteiger partial charge < -0.3 is 35.3 Å². The first-order valence-electron chi connectivity index (χ1n) is 12.6. The fourth-order valence-electron chi connectivity index (χ4n) is 3.59. The molecule has 2 aliphatic rings. The number of carbonyl (C=O) groups excluding carboxylic acids is 3. The second kappa shape index (κ2) is 14.4. The molecule has 4 N–H and O–H groups in total. The van der Waals surface area contributed by atoms with Crippen LogP contribution < -0.4 is 20.7 Å². The minimum atomic E-state index is -1.23. The van der Waals surface area contributed by atoms with Gasteiger partial charge in [0.15, 0.2) is 0 Å². The van der Waals surface area contributed by atoms with Crippen molar-refractivity contribution < 1.29 is 38.5 Å². The third kappa shape index (κ3) is 11.1. The van der Waals surface area contributed by atoms with E-state index in [-0.39, 0.29) is 19.4 Å². The average molecular weight is 522 g/mol. The SMILES string of the molecule is CCCOC[C@@H]1NC(=O)[C@@H](NC(=O)OC(C)(C)C)CCCCOc2ccc(cc2)C[C@@H](C(=O)O)NC1=O. The highest BCUT2D eigenvalue weighted by Gasteiger charge is 2.31. The Morgan fingerprint density at radius 1 is 1.11 bits per heavy atom. The van der Waals surface area contributed by atoms with E-state index in [2.05, 4.69) is 16.0 Å². The van der Waals surface area contributed by atoms with E-state index in [0.29, 0.717) is 43.8 Å². The quantitative estimate of drug-likeness (QED) is 0.416. The van der Waals surface area contributed by atoms with Gasteiger partial charge in [0.05, 0.1) is 13.2 Å². The number of hydrogen-bond acceptors (Lipinski definition) is 7. The molecule has 2 bridgehead atoms. The lowest BCUT2D eigenvalue weighted by Gasteiger charge is -2.26. The summed E-state index contributed by atoms with van der Waals surface area (Å²) in [5.41, 5.74) is -0.0584. The third-order valence-corrected chi connectivity index (χ3v) is 5.41. The van der Waals surface area contributed by atoms with Gasteiger partial charge in [0, 0.05) is 13.0 Å². The van der Waals surface area contributed by atoms with E-state index >= 15 is 0 Å². The van der Waals surface area contributed by atoms with Gasteiger partial charge in [-0.25, -0.2) is 9.59 Å². The number of amides is 3. The molecular weight excluding hydrogens is 482 g/mol. The van der Waals surface area contributed by atoms with E-state index in [1.54, 1.807) is 45.0 Å². The number of carbonyl (C=O) groups is 4. The number of carboxylic acids is 1. The van der Waals surface area contributed by atoms with Crippen LogP contribution in [0.5, 0.6) is 5.75 Å². The highest BCUT2D eigenvalue weighted by atomic mass is 16.6. The number of hydrogen-bond donors (Lipinski definition) is 4. The van der Waals surface area contributed by atoms with Gasteiger partial charge in [0.1, 0.15) is 29.5 Å². The van der Waals surface area contributed by atoms with E-state index < -0.39 is 47.6 Å². The summed E-state index contributed by atoms with van der Waals surface area (Å²) in [6.07, 6.45) is 1.42. The molecule has 0 unspecified atom stereocenters. The standard InChI is InChI=1S/C26H39N3O8/c1-5-13-35-16-21-23(31)27-20(24(32)33)15-17-9-11-18(12-10-17)36-14-7-6-8-19(22(30)28-21)29-25(34)37-26(2,3)4/h9-12,19-21H,5-8,13-16H2,1-4H3,(H,27,31)(H,28,30)(H,29,34)(H,32,33)/t19-,20-,21-/m0/s1. The van der Waals surface area contributed by atoms with Crippen molar-refractivity contribution in [3.8, 4) is 5.75 Å². The van der Waals surface area contributed by atoms with Crippen LogP contribution in [0.15, 0.2) is 24.3 Å². The maximum Gasteiger partial charge on any atom is 0.408 e. The lowest BCUT2D eigenvalue weighted by molar-refractivity contribution is -0.142. The number of aliphatic carboxylic acids is 1. The number of carboxylic acid groups (broad SMARTS) is 1. The molecule has 1 aromatic rings. The first-order chi connectivity index (χ1) is 17.5. The van der Waals surface area contributed by atoms with Crippen molar-refractivity contribution in [2.75, 3.05) is 19.8 Å². The molecule has 11 heteroatoms. The summed E-state index contributed by atoms with van der Waals surface area (Å²) in [5.74, 6) is -1.89. The highest BCUT2D eigenvalue weighted by Crippen LogP contribution is 2.15. The van der Waals surface area contributed by atoms with E-state index in [4.69, 9.17) is 14.2 Å². The first-order valence-corrected chi connectivity index (χ1v) is 12.6. The molecule has 11 nitrogen and oxygen atoms in total. The van der Waals surface area contributed by atoms with Crippen LogP contribution >= 0.6 is 0 Å². The molecular formula is C26H39N3O8. The smallest absolute Gasteiger partial charge is 0.408 e. The molecule has 3 rings (SSSR count). The Labute approximate surface area is 217 Å². The second-order valence-electron chi connectivity index (χ2n) is 9.93. The second-order valence-corrected chi connectivity index (χ2v) is 9.93. The van der Waals surface area contributed by atoms with Crippen molar-refractivity contribution in [2.45, 2.75) is 83.5 Å². The molecule has 37 heavy (non-hydrogen) atoms. The summed E-state index contributed by atoms with van der Waals surface area (Å²) < 4.78 is 16.5. The van der Waals surface area contributed by atoms with E-state index in [1.807, 2.05) is 6.92 Å². The molecule has 0 spiro atoms. The maximum atomic E-state index is 13.2. The Morgan fingerprint density at radius 2 is 1.81 bits per heavy atom. The van der Waals surface area contributed by atoms with Crippen LogP contribution in [0.4, 0.5) is 4.79 Å². The van der Waals surface area contributed by atoms with Crippen LogP contribution in [0.25, 0.3) is 0 Å². The number of ether oxygens (including phenoxy) is 3. The monoisotopic (exact) mass is 521 g/mol. The van der Waals surface area contributed by atoms with Gasteiger partial charge in [0.25, 0.3) is 0 Å². The fourth-order valence-corrected chi connectivity index (χ4v) is 3.59. The summed E-state index contributed by atoms with van der Waals surface area (Å²) in [4.78, 5) is 50.6. The molecule has 206 valence electrons. The van der Waals surface area contributed by atoms with Crippen molar-refractivity contribution in [3.05, 3.63) is 29.8 Å². The topological polar surface area (TPSA) is 152 Å². The van der Waals surface area contributed by atoms with Crippen LogP contribution in [0.3, 0.4) is 0 Å². The van der Waals surface area contributed by atoms with Crippen molar-refractivity contribution in [1.29, 1.82) is 0 Å². The fraction of sp³-hybridized carbons (Fsp3) is 0.615. The normalized spacial score (nSPS) is 21.7. The Hall–Kier alpha value is -3.34. The molecule has 0 fully saturated rings. The van der Waals surface area contributed by atoms with Crippen LogP contribution in [0.1, 0.15) is 58.9 Å². The van der Waals surface area contributed by atoms with Gasteiger partial charge in [-0.05, 0) is 64.2 Å². The minimum Gasteiger partial charge on any atom is -0.494 e. The summed E-state index contributed by atoms with van der Waals surface area (Å²) in [7, 11) is 0. The number of fused-ring (bicyclic) bond motifs is 14. The molecule has 0 radical (unpaired) electrons. The van der Waals surface area contributed by atoms with Crippen LogP contribution in [0.2, 0.25) is 0 Å². The molecule has 2 aliphatic heterocycles. The maximum absolute atomic E-state index is 13.2. The summed E-state index contributed by atoms with van der Waals surface area (Å²) in [6, 6.07) is 3.61. The van der Waals surface area contributed by atoms with Gasteiger partial charge >= 0.3 is 12.1 Å². The lowest BCUT2D eigenvalue weighted by atomic mass is 10.1. The van der Waals surface area contributed by atoms with Gasteiger partial charge in [-0.15, -0.1) is 0 Å². The summed E-state index contributed by atoms with van der Waals surface area (Å²) in [5, 5.41) is 17.4. The van der Waals surface area contributed by atoms with Gasteiger partial charge in [-0.2, -0.15) is 0 Å². The minimum absolute atomic E-state index is 0.0423. The predicted octanol–water partition coefficient (Wildman–Crippen LogP) is 2.17. The number of rotatable bonds is 6. The van der Waals surface area contributed by atoms with E-state index in [0.717, 1.165) is 0 Å². The zero-order valence-corrected chi connectivity index (χ0v) is 22.0. The third-order valence-electron chi connectivity index (χ3n) is 5.41. The largest absolute Gasteiger partial charge is 0.494 e. The lowest BCUT2D eigenvalue weighted by Crippen LogP contribution is -2.57. The van der Waals surface area contributed by atoms with Crippen molar-refractivity contribution in [1.82, 2.24) is 16.0 Å². The Bertz CT molecular complexity index is 913. The van der Waals surface area contributed by atoms with Gasteiger partial charge in [0.2, 0.25) is 11.8 Å². The van der Waals surface area contributed by atoms with Crippen LogP contribution in [-0.4, -0.2) is 72.5 Å². The molecule has 0 aliphatic carbocycles. The molecule has 3 atom stereocenters. The molecule has 0 aromatic heterocycles. The average Bonchev–Trinajstić information content (AvgIpc) is 2.81. The van der Waals surface area contributed by atoms with E-state index in [1.165, 1.54) is 0 Å². The Kier molecular flexibility index (Phi) is 11.6. The zero-order valence-electron chi connectivity index (χ0n) is 22.0. The molecule has 1 aromatic carbocycles. The number of alkyl carbamates (subject to hydrolysis) is 1. The zero-order chi connectivity index (χ0) is 27.4. The van der Waals surface area contributed by atoms with Crippen molar-refractivity contribution in [2.24, 2.45) is 0 Å². The first kappa shape index (κ1) is 29.9. The summed E-state index contributed by atoms with van der Waals surface area (Å²) in [6.45, 7) is 7.63. The molecule has 0 saturated carbocycles. The summed E-state index contributed by atoms with van der Waals surface area (Å²) >= 11 is 0. The van der Waals surface area contributed by atoms with Crippen LogP contribution in [0, 0.1) is 0 Å². The van der Waals surface area contributed by atoms with Gasteiger partial charge in [-0.1, -0.05) is 19.1 Å². The van der Waals surface area contributed by atoms with Gasteiger partial charge in [-0.3, -0.25) is 9.59 Å². The molecule has 2 heterocycles. The molecule has 3 amide bonds. The number of benzene rings is 1. The van der Waals surface area contributed by atoms with E-state index in [9.17, 15) is 24.3 Å². The molecule has 0 saturated heterocycles. The van der Waals surface area contributed by atoms with Crippen molar-refractivity contribution >= 4 is 23.9 Å². The number of nitrogens with one attached hydrogen (secondary N) is 3. The Morgan fingerprint density at radius 3 is 2.43 bits per heavy atom. The van der Waals surface area contributed by atoms with Crippen LogP contribution in [-0.2, 0) is 30.3 Å². The predicted molar refractivity (Wildman–Crippen MR) is 135 cm³/mol. The highest BCUT2D eigenvalue weighted by molar-refractivity contribution is 5.93.